The zero-order chi connectivity index (χ0) is 23.1. The SMILES string of the molecule is CCC(=O)N1c2cc(C)ccc2C(=C2SC(C(=O)OC)=C(C(=O)OC)S2)C(=S)C1(C)C. The standard InChI is InChI=1S/C22H23NO5S3/c1-7-14(24)23-13-10-11(2)8-9-12(13)15(18(29)22(23,3)4)21-30-16(19(25)27-5)17(31-21)20(26)28-6/h8-10H,7H2,1-6H3. The highest BCUT2D eigenvalue weighted by atomic mass is 32.2. The number of hydrogen-bond acceptors (Lipinski definition) is 8. The molecule has 2 aliphatic rings. The van der Waals surface area contributed by atoms with Crippen molar-refractivity contribution in [1.82, 2.24) is 0 Å². The molecule has 31 heavy (non-hydrogen) atoms. The van der Waals surface area contributed by atoms with E-state index in [4.69, 9.17) is 21.7 Å². The van der Waals surface area contributed by atoms with Gasteiger partial charge in [0.15, 0.2) is 0 Å². The maximum atomic E-state index is 12.9. The molecule has 1 aromatic rings. The van der Waals surface area contributed by atoms with Crippen molar-refractivity contribution in [2.75, 3.05) is 19.1 Å². The molecule has 0 atom stereocenters. The molecular formula is C22H23NO5S3. The van der Waals surface area contributed by atoms with Gasteiger partial charge in [-0.1, -0.05) is 54.8 Å². The third kappa shape index (κ3) is 3.94. The van der Waals surface area contributed by atoms with E-state index in [0.717, 1.165) is 45.9 Å². The van der Waals surface area contributed by atoms with Gasteiger partial charge in [-0.3, -0.25) is 4.79 Å². The Hall–Kier alpha value is -2.10. The highest BCUT2D eigenvalue weighted by molar-refractivity contribution is 8.29. The first kappa shape index (κ1) is 23.6. The molecule has 0 saturated carbocycles. The minimum Gasteiger partial charge on any atom is -0.465 e. The van der Waals surface area contributed by atoms with Crippen LogP contribution in [-0.2, 0) is 23.9 Å². The first-order valence-electron chi connectivity index (χ1n) is 9.58. The molecule has 164 valence electrons. The van der Waals surface area contributed by atoms with Crippen LogP contribution in [0.5, 0.6) is 0 Å². The van der Waals surface area contributed by atoms with Gasteiger partial charge in [0.2, 0.25) is 5.91 Å². The van der Waals surface area contributed by atoms with Crippen molar-refractivity contribution < 1.29 is 23.9 Å². The van der Waals surface area contributed by atoms with Crippen LogP contribution in [0.15, 0.2) is 32.2 Å². The largest absolute Gasteiger partial charge is 0.465 e. The Labute approximate surface area is 195 Å². The molecule has 0 spiro atoms. The summed E-state index contributed by atoms with van der Waals surface area (Å²) in [5.41, 5.74) is 2.54. The van der Waals surface area contributed by atoms with E-state index in [1.807, 2.05) is 45.9 Å². The summed E-state index contributed by atoms with van der Waals surface area (Å²) in [4.78, 5) is 40.2. The number of methoxy groups -OCH3 is 2. The van der Waals surface area contributed by atoms with Crippen molar-refractivity contribution in [3.05, 3.63) is 43.4 Å². The predicted octanol–water partition coefficient (Wildman–Crippen LogP) is 4.61. The van der Waals surface area contributed by atoms with Crippen LogP contribution in [0.4, 0.5) is 5.69 Å². The Morgan fingerprint density at radius 1 is 1.06 bits per heavy atom. The summed E-state index contributed by atoms with van der Waals surface area (Å²) in [6.45, 7) is 7.61. The fourth-order valence-electron chi connectivity index (χ4n) is 3.53. The van der Waals surface area contributed by atoms with Gasteiger partial charge >= 0.3 is 11.9 Å². The number of thioether (sulfide) groups is 2. The van der Waals surface area contributed by atoms with E-state index in [9.17, 15) is 14.4 Å². The van der Waals surface area contributed by atoms with E-state index in [1.165, 1.54) is 14.2 Å². The summed E-state index contributed by atoms with van der Waals surface area (Å²) in [6, 6.07) is 5.85. The number of anilines is 1. The zero-order valence-electron chi connectivity index (χ0n) is 18.2. The first-order valence-corrected chi connectivity index (χ1v) is 11.6. The molecule has 0 N–H and O–H groups in total. The molecule has 6 nitrogen and oxygen atoms in total. The van der Waals surface area contributed by atoms with Crippen LogP contribution in [0.3, 0.4) is 0 Å². The molecule has 0 radical (unpaired) electrons. The number of rotatable bonds is 3. The number of fused-ring (bicyclic) bond motifs is 1. The quantitative estimate of drug-likeness (QED) is 0.355. The van der Waals surface area contributed by atoms with Crippen molar-refractivity contribution in [1.29, 1.82) is 0 Å². The van der Waals surface area contributed by atoms with Crippen molar-refractivity contribution in [2.45, 2.75) is 39.7 Å². The third-order valence-corrected chi connectivity index (χ3v) is 8.36. The second kappa shape index (κ2) is 8.80. The Balaban J connectivity index is 2.26. The molecule has 2 aliphatic heterocycles. The molecule has 9 heteroatoms. The van der Waals surface area contributed by atoms with Crippen LogP contribution in [0, 0.1) is 6.92 Å². The minimum atomic E-state index is -0.772. The first-order chi connectivity index (χ1) is 14.6. The van der Waals surface area contributed by atoms with Crippen LogP contribution in [0.2, 0.25) is 0 Å². The van der Waals surface area contributed by atoms with E-state index in [-0.39, 0.29) is 15.7 Å². The lowest BCUT2D eigenvalue weighted by atomic mass is 9.82. The number of carbonyl (C=O) groups is 3. The van der Waals surface area contributed by atoms with Gasteiger partial charge in [0.1, 0.15) is 9.81 Å². The van der Waals surface area contributed by atoms with Crippen molar-refractivity contribution >= 4 is 69.7 Å². The lowest BCUT2D eigenvalue weighted by molar-refractivity contribution is -0.138. The number of thiocarbonyl (C=S) groups is 1. The summed E-state index contributed by atoms with van der Waals surface area (Å²) in [5, 5.41) is 0. The Morgan fingerprint density at radius 2 is 1.61 bits per heavy atom. The van der Waals surface area contributed by atoms with Crippen molar-refractivity contribution in [3.63, 3.8) is 0 Å². The van der Waals surface area contributed by atoms with Crippen molar-refractivity contribution in [3.8, 4) is 0 Å². The smallest absolute Gasteiger partial charge is 0.346 e. The molecule has 1 amide bonds. The Bertz CT molecular complexity index is 1040. The van der Waals surface area contributed by atoms with Gasteiger partial charge in [-0.15, -0.1) is 0 Å². The maximum Gasteiger partial charge on any atom is 0.346 e. The fraction of sp³-hybridized carbons (Fsp3) is 0.364. The van der Waals surface area contributed by atoms with Gasteiger partial charge in [0, 0.05) is 17.6 Å². The fourth-order valence-corrected chi connectivity index (χ4v) is 6.56. The maximum absolute atomic E-state index is 12.9. The van der Waals surface area contributed by atoms with E-state index >= 15 is 0 Å². The van der Waals surface area contributed by atoms with E-state index in [2.05, 4.69) is 0 Å². The normalized spacial score (nSPS) is 17.6. The molecule has 0 fully saturated rings. The minimum absolute atomic E-state index is 0.0291. The zero-order valence-corrected chi connectivity index (χ0v) is 20.6. The van der Waals surface area contributed by atoms with Crippen LogP contribution in [-0.4, -0.2) is 42.5 Å². The highest BCUT2D eigenvalue weighted by Crippen LogP contribution is 2.56. The Morgan fingerprint density at radius 3 is 2.10 bits per heavy atom. The molecule has 0 bridgehead atoms. The van der Waals surface area contributed by atoms with Gasteiger partial charge in [-0.25, -0.2) is 9.59 Å². The highest BCUT2D eigenvalue weighted by Gasteiger charge is 2.45. The molecule has 0 unspecified atom stereocenters. The number of esters is 2. The van der Waals surface area contributed by atoms with Crippen molar-refractivity contribution in [2.24, 2.45) is 0 Å². The van der Waals surface area contributed by atoms with E-state index < -0.39 is 17.5 Å². The van der Waals surface area contributed by atoms with Gasteiger partial charge in [0.05, 0.1) is 34.5 Å². The second-order valence-electron chi connectivity index (χ2n) is 7.50. The average molecular weight is 478 g/mol. The molecule has 1 aromatic carbocycles. The topological polar surface area (TPSA) is 72.9 Å². The predicted molar refractivity (Wildman–Crippen MR) is 129 cm³/mol. The molecule has 0 aromatic heterocycles. The number of hydrogen-bond donors (Lipinski definition) is 0. The second-order valence-corrected chi connectivity index (χ2v) is 10.2. The monoisotopic (exact) mass is 477 g/mol. The molecule has 0 saturated heterocycles. The van der Waals surface area contributed by atoms with Gasteiger partial charge in [-0.05, 0) is 32.4 Å². The number of aryl methyl sites for hydroxylation is 1. The molecule has 3 rings (SSSR count). The summed E-state index contributed by atoms with van der Waals surface area (Å²) in [5.74, 6) is -1.25. The Kier molecular flexibility index (Phi) is 6.69. The summed E-state index contributed by atoms with van der Waals surface area (Å²) < 4.78 is 10.4. The molecule has 0 aliphatic carbocycles. The van der Waals surface area contributed by atoms with E-state index in [0.29, 0.717) is 15.5 Å². The van der Waals surface area contributed by atoms with Crippen LogP contribution >= 0.6 is 35.7 Å². The molecule has 2 heterocycles. The third-order valence-electron chi connectivity index (χ3n) is 5.10. The number of carbonyl (C=O) groups excluding carboxylic acids is 3. The lowest BCUT2D eigenvalue weighted by Gasteiger charge is -2.45. The van der Waals surface area contributed by atoms with Crippen LogP contribution < -0.4 is 4.90 Å². The average Bonchev–Trinajstić information content (AvgIpc) is 3.18. The lowest BCUT2D eigenvalue weighted by Crippen LogP contribution is -2.55. The van der Waals surface area contributed by atoms with E-state index in [1.54, 1.807) is 4.90 Å². The number of benzene rings is 1. The van der Waals surface area contributed by atoms with Gasteiger partial charge in [-0.2, -0.15) is 0 Å². The van der Waals surface area contributed by atoms with Crippen LogP contribution in [0.1, 0.15) is 38.3 Å². The van der Waals surface area contributed by atoms with Gasteiger partial charge < -0.3 is 14.4 Å². The summed E-state index contributed by atoms with van der Waals surface area (Å²) in [6.07, 6.45) is 0.343. The number of amides is 1. The number of nitrogens with zero attached hydrogens (tertiary/aromatic N) is 1. The summed E-state index contributed by atoms with van der Waals surface area (Å²) >= 11 is 8.18. The van der Waals surface area contributed by atoms with Crippen LogP contribution in [0.25, 0.3) is 5.57 Å². The summed E-state index contributed by atoms with van der Waals surface area (Å²) in [7, 11) is 2.53. The molecular weight excluding hydrogens is 454 g/mol. The van der Waals surface area contributed by atoms with Gasteiger partial charge in [0.25, 0.3) is 0 Å². The number of ether oxygens (including phenoxy) is 2.